The maximum atomic E-state index is 12.0. The van der Waals surface area contributed by atoms with E-state index in [-0.39, 0.29) is 23.0 Å². The minimum absolute atomic E-state index is 0.0508. The average molecular weight is 459 g/mol. The van der Waals surface area contributed by atoms with Gasteiger partial charge in [-0.1, -0.05) is 11.6 Å². The first kappa shape index (κ1) is 21.6. The van der Waals surface area contributed by atoms with Crippen molar-refractivity contribution in [2.45, 2.75) is 25.7 Å². The largest absolute Gasteiger partial charge is 0.482 e. The van der Waals surface area contributed by atoms with Gasteiger partial charge in [-0.2, -0.15) is 0 Å². The van der Waals surface area contributed by atoms with Gasteiger partial charge in [0.15, 0.2) is 13.2 Å². The first-order valence-corrected chi connectivity index (χ1v) is 10.3. The van der Waals surface area contributed by atoms with Crippen LogP contribution in [0.5, 0.6) is 5.75 Å². The number of esters is 1. The van der Waals surface area contributed by atoms with Gasteiger partial charge in [0.25, 0.3) is 11.6 Å². The monoisotopic (exact) mass is 458 g/mol. The third kappa shape index (κ3) is 4.83. The Bertz CT molecular complexity index is 1200. The smallest absolute Gasteiger partial charge is 0.344 e. The van der Waals surface area contributed by atoms with Crippen LogP contribution in [0.2, 0.25) is 5.02 Å². The molecule has 0 fully saturated rings. The normalized spacial score (nSPS) is 12.8. The molecule has 1 heterocycles. The molecule has 1 amide bonds. The number of nitro groups is 1. The van der Waals surface area contributed by atoms with Crippen LogP contribution in [0.25, 0.3) is 11.0 Å². The van der Waals surface area contributed by atoms with E-state index in [0.29, 0.717) is 5.75 Å². The number of rotatable bonds is 7. The van der Waals surface area contributed by atoms with Crippen LogP contribution in [0, 0.1) is 10.1 Å². The number of nitrogens with one attached hydrogen (secondary N) is 1. The summed E-state index contributed by atoms with van der Waals surface area (Å²) in [5.41, 5.74) is 1.81. The van der Waals surface area contributed by atoms with Gasteiger partial charge in [0.05, 0.1) is 15.6 Å². The number of halogens is 1. The van der Waals surface area contributed by atoms with Crippen molar-refractivity contribution in [2.24, 2.45) is 0 Å². The third-order valence-electron chi connectivity index (χ3n) is 5.08. The topological polar surface area (TPSA) is 121 Å². The number of carbonyl (C=O) groups is 2. The molecule has 3 aromatic rings. The fourth-order valence-corrected chi connectivity index (χ4v) is 3.74. The predicted octanol–water partition coefficient (Wildman–Crippen LogP) is 4.43. The van der Waals surface area contributed by atoms with E-state index in [1.54, 1.807) is 6.07 Å². The molecular weight excluding hydrogens is 440 g/mol. The Kier molecular flexibility index (Phi) is 6.27. The van der Waals surface area contributed by atoms with Crippen molar-refractivity contribution in [3.63, 3.8) is 0 Å². The summed E-state index contributed by atoms with van der Waals surface area (Å²) in [7, 11) is 0. The lowest BCUT2D eigenvalue weighted by Gasteiger charge is -2.10. The van der Waals surface area contributed by atoms with E-state index >= 15 is 0 Å². The lowest BCUT2D eigenvalue weighted by atomic mass is 9.96. The molecule has 10 heteroatoms. The molecule has 0 radical (unpaired) electrons. The number of anilines is 1. The van der Waals surface area contributed by atoms with Crippen molar-refractivity contribution >= 4 is 45.8 Å². The quantitative estimate of drug-likeness (QED) is 0.315. The highest BCUT2D eigenvalue weighted by atomic mass is 35.5. The van der Waals surface area contributed by atoms with Crippen molar-refractivity contribution in [1.29, 1.82) is 0 Å². The zero-order valence-electron chi connectivity index (χ0n) is 16.9. The summed E-state index contributed by atoms with van der Waals surface area (Å²) >= 11 is 5.93. The van der Waals surface area contributed by atoms with Crippen LogP contribution in [-0.2, 0) is 27.2 Å². The van der Waals surface area contributed by atoms with Crippen molar-refractivity contribution in [2.75, 3.05) is 18.5 Å². The minimum Gasteiger partial charge on any atom is -0.482 e. The van der Waals surface area contributed by atoms with Gasteiger partial charge < -0.3 is 19.2 Å². The highest BCUT2D eigenvalue weighted by Crippen LogP contribution is 2.34. The van der Waals surface area contributed by atoms with Crippen LogP contribution >= 0.6 is 11.6 Å². The van der Waals surface area contributed by atoms with E-state index in [9.17, 15) is 19.7 Å². The summed E-state index contributed by atoms with van der Waals surface area (Å²) < 4.78 is 16.3. The zero-order valence-corrected chi connectivity index (χ0v) is 17.6. The molecule has 9 nitrogen and oxygen atoms in total. The van der Waals surface area contributed by atoms with Crippen molar-refractivity contribution in [1.82, 2.24) is 0 Å². The lowest BCUT2D eigenvalue weighted by molar-refractivity contribution is -0.384. The Morgan fingerprint density at radius 1 is 1.12 bits per heavy atom. The fourth-order valence-electron chi connectivity index (χ4n) is 3.57. The number of hydrogen-bond acceptors (Lipinski definition) is 7. The maximum Gasteiger partial charge on any atom is 0.344 e. The molecule has 32 heavy (non-hydrogen) atoms. The maximum absolute atomic E-state index is 12.0. The molecule has 0 atom stereocenters. The molecule has 166 valence electrons. The highest BCUT2D eigenvalue weighted by Gasteiger charge is 2.18. The van der Waals surface area contributed by atoms with Crippen molar-refractivity contribution in [3.05, 3.63) is 62.9 Å². The number of nitrogens with zero attached hydrogens (tertiary/aromatic N) is 1. The summed E-state index contributed by atoms with van der Waals surface area (Å²) in [5, 5.41) is 14.3. The van der Waals surface area contributed by atoms with E-state index in [1.165, 1.54) is 17.7 Å². The van der Waals surface area contributed by atoms with Crippen LogP contribution in [0.1, 0.15) is 24.2 Å². The number of furan rings is 1. The molecule has 0 saturated heterocycles. The molecule has 1 aromatic heterocycles. The second-order valence-electron chi connectivity index (χ2n) is 7.29. The summed E-state index contributed by atoms with van der Waals surface area (Å²) in [6.45, 7) is -0.966. The van der Waals surface area contributed by atoms with Crippen LogP contribution in [0.3, 0.4) is 0 Å². The standard InChI is InChI=1S/C22H19ClN2O7/c23-17-7-5-13(25(28)29)9-18(17)24-21(26)11-31-22(27)12-30-14-6-8-20-16(10-14)15-3-1-2-4-19(15)32-20/h5-10H,1-4,11-12H2,(H,24,26). The third-order valence-corrected chi connectivity index (χ3v) is 5.41. The Balaban J connectivity index is 1.29. The zero-order chi connectivity index (χ0) is 22.7. The molecule has 0 bridgehead atoms. The Morgan fingerprint density at radius 3 is 2.75 bits per heavy atom. The second kappa shape index (κ2) is 9.27. The van der Waals surface area contributed by atoms with Crippen molar-refractivity contribution < 1.29 is 28.4 Å². The van der Waals surface area contributed by atoms with E-state index < -0.39 is 23.4 Å². The van der Waals surface area contributed by atoms with Gasteiger partial charge in [-0.3, -0.25) is 14.9 Å². The van der Waals surface area contributed by atoms with Crippen LogP contribution < -0.4 is 10.1 Å². The summed E-state index contributed by atoms with van der Waals surface area (Å²) in [6, 6.07) is 8.99. The van der Waals surface area contributed by atoms with Gasteiger partial charge in [-0.15, -0.1) is 0 Å². The predicted molar refractivity (Wildman–Crippen MR) is 116 cm³/mol. The molecule has 0 unspecified atom stereocenters. The fraction of sp³-hybridized carbons (Fsp3) is 0.273. The van der Waals surface area contributed by atoms with Gasteiger partial charge in [-0.25, -0.2) is 4.79 Å². The van der Waals surface area contributed by atoms with E-state index in [2.05, 4.69) is 5.32 Å². The van der Waals surface area contributed by atoms with E-state index in [4.69, 9.17) is 25.5 Å². The molecule has 0 aliphatic heterocycles. The summed E-state index contributed by atoms with van der Waals surface area (Å²) in [5.74, 6) is 0.0842. The van der Waals surface area contributed by atoms with E-state index in [1.807, 2.05) is 12.1 Å². The molecule has 4 rings (SSSR count). The van der Waals surface area contributed by atoms with Gasteiger partial charge >= 0.3 is 5.97 Å². The molecule has 2 aromatic carbocycles. The number of ether oxygens (including phenoxy) is 2. The van der Waals surface area contributed by atoms with Gasteiger partial charge in [0.1, 0.15) is 17.1 Å². The number of hydrogen-bond donors (Lipinski definition) is 1. The second-order valence-corrected chi connectivity index (χ2v) is 7.69. The molecule has 1 N–H and O–H groups in total. The summed E-state index contributed by atoms with van der Waals surface area (Å²) in [4.78, 5) is 34.2. The minimum atomic E-state index is -0.736. The van der Waals surface area contributed by atoms with Crippen LogP contribution in [-0.4, -0.2) is 30.0 Å². The van der Waals surface area contributed by atoms with E-state index in [0.717, 1.165) is 48.5 Å². The summed E-state index contributed by atoms with van der Waals surface area (Å²) in [6.07, 6.45) is 4.11. The number of fused-ring (bicyclic) bond motifs is 3. The first-order chi connectivity index (χ1) is 15.4. The molecule has 1 aliphatic rings. The number of non-ortho nitro benzene ring substituents is 1. The molecule has 1 aliphatic carbocycles. The number of benzene rings is 2. The molecular formula is C22H19ClN2O7. The highest BCUT2D eigenvalue weighted by molar-refractivity contribution is 6.33. The Labute approximate surface area is 187 Å². The SMILES string of the molecule is O=C(COC(=O)COc1ccc2oc3c(c2c1)CCCC3)Nc1cc([N+](=O)[O-])ccc1Cl. The Morgan fingerprint density at radius 2 is 1.94 bits per heavy atom. The van der Waals surface area contributed by atoms with Crippen LogP contribution in [0.4, 0.5) is 11.4 Å². The number of nitro benzene ring substituents is 1. The Hall–Kier alpha value is -3.59. The lowest BCUT2D eigenvalue weighted by Crippen LogP contribution is -2.23. The first-order valence-electron chi connectivity index (χ1n) is 9.97. The molecule has 0 spiro atoms. The van der Waals surface area contributed by atoms with Gasteiger partial charge in [0.2, 0.25) is 0 Å². The number of amides is 1. The van der Waals surface area contributed by atoms with Gasteiger partial charge in [-0.05, 0) is 43.5 Å². The van der Waals surface area contributed by atoms with Gasteiger partial charge in [0, 0.05) is 29.5 Å². The van der Waals surface area contributed by atoms with Crippen LogP contribution in [0.15, 0.2) is 40.8 Å². The average Bonchev–Trinajstić information content (AvgIpc) is 3.15. The van der Waals surface area contributed by atoms with Crippen molar-refractivity contribution in [3.8, 4) is 5.75 Å². The number of carbonyl (C=O) groups excluding carboxylic acids is 2. The number of aryl methyl sites for hydroxylation is 2. The molecule has 0 saturated carbocycles.